The molecule has 1 saturated heterocycles. The van der Waals surface area contributed by atoms with E-state index in [2.05, 4.69) is 0 Å². The van der Waals surface area contributed by atoms with Crippen molar-refractivity contribution in [2.24, 2.45) is 5.92 Å². The summed E-state index contributed by atoms with van der Waals surface area (Å²) in [5.74, 6) is -0.0609. The van der Waals surface area contributed by atoms with Crippen LogP contribution in [0.5, 0.6) is 11.5 Å². The van der Waals surface area contributed by atoms with E-state index in [0.717, 1.165) is 5.56 Å². The zero-order valence-electron chi connectivity index (χ0n) is 14.9. The maximum Gasteiger partial charge on any atom is 0.341 e. The Bertz CT molecular complexity index is 745. The number of carboxylic acid groups (broad SMARTS) is 1. The van der Waals surface area contributed by atoms with Crippen LogP contribution in [0.15, 0.2) is 23.1 Å². The van der Waals surface area contributed by atoms with Gasteiger partial charge in [0.2, 0.25) is 0 Å². The minimum atomic E-state index is -1.06. The molecule has 1 aliphatic rings. The van der Waals surface area contributed by atoms with Gasteiger partial charge in [0.15, 0.2) is 18.1 Å². The Labute approximate surface area is 162 Å². The lowest BCUT2D eigenvalue weighted by molar-refractivity contribution is -0.139. The predicted molar refractivity (Wildman–Crippen MR) is 105 cm³/mol. The molecular formula is C18H21NO5S2. The third-order valence-corrected chi connectivity index (χ3v) is 4.72. The lowest BCUT2D eigenvalue weighted by Gasteiger charge is -2.16. The van der Waals surface area contributed by atoms with E-state index in [9.17, 15) is 9.59 Å². The molecule has 0 aromatic heterocycles. The molecule has 8 heteroatoms. The number of carbonyl (C=O) groups excluding carboxylic acids is 1. The first-order chi connectivity index (χ1) is 12.3. The fourth-order valence-corrected chi connectivity index (χ4v) is 3.59. The number of thiocarbonyl (C=S) groups is 1. The number of nitrogens with zero attached hydrogens (tertiary/aromatic N) is 1. The van der Waals surface area contributed by atoms with Gasteiger partial charge < -0.3 is 14.6 Å². The van der Waals surface area contributed by atoms with Crippen molar-refractivity contribution in [3.05, 3.63) is 28.7 Å². The summed E-state index contributed by atoms with van der Waals surface area (Å²) in [5, 5.41) is 8.75. The summed E-state index contributed by atoms with van der Waals surface area (Å²) in [6.45, 7) is 6.44. The van der Waals surface area contributed by atoms with E-state index >= 15 is 0 Å². The van der Waals surface area contributed by atoms with Crippen LogP contribution in [0.3, 0.4) is 0 Å². The third kappa shape index (κ3) is 5.22. The molecule has 0 saturated carbocycles. The van der Waals surface area contributed by atoms with E-state index in [4.69, 9.17) is 26.8 Å². The van der Waals surface area contributed by atoms with Gasteiger partial charge >= 0.3 is 5.97 Å². The molecular weight excluding hydrogens is 374 g/mol. The number of rotatable bonds is 8. The lowest BCUT2D eigenvalue weighted by Crippen LogP contribution is -2.31. The Balaban J connectivity index is 2.24. The third-order valence-electron chi connectivity index (χ3n) is 3.34. The monoisotopic (exact) mass is 395 g/mol. The SMILES string of the molecule is CCOc1cc(/C=C2\SC(=S)N(CC(C)C)C2=O)ccc1OCC(=O)O. The molecule has 26 heavy (non-hydrogen) atoms. The number of amides is 1. The number of thioether (sulfide) groups is 1. The Kier molecular flexibility index (Phi) is 7.05. The highest BCUT2D eigenvalue weighted by Gasteiger charge is 2.32. The highest BCUT2D eigenvalue weighted by Crippen LogP contribution is 2.35. The Hall–Kier alpha value is -2.06. The van der Waals surface area contributed by atoms with Crippen LogP contribution in [-0.4, -0.2) is 46.0 Å². The molecule has 0 unspecified atom stereocenters. The fourth-order valence-electron chi connectivity index (χ4n) is 2.32. The second kappa shape index (κ2) is 9.05. The van der Waals surface area contributed by atoms with Crippen LogP contribution in [0.4, 0.5) is 0 Å². The van der Waals surface area contributed by atoms with Crippen molar-refractivity contribution in [1.29, 1.82) is 0 Å². The zero-order valence-corrected chi connectivity index (χ0v) is 16.5. The summed E-state index contributed by atoms with van der Waals surface area (Å²) in [6.07, 6.45) is 1.75. The largest absolute Gasteiger partial charge is 0.490 e. The number of ether oxygens (including phenoxy) is 2. The van der Waals surface area contributed by atoms with Crippen molar-refractivity contribution in [3.8, 4) is 11.5 Å². The van der Waals surface area contributed by atoms with Crippen molar-refractivity contribution in [1.82, 2.24) is 4.90 Å². The minimum absolute atomic E-state index is 0.0992. The van der Waals surface area contributed by atoms with Gasteiger partial charge in [-0.15, -0.1) is 0 Å². The number of carbonyl (C=O) groups is 2. The maximum atomic E-state index is 12.5. The molecule has 0 radical (unpaired) electrons. The average Bonchev–Trinajstić information content (AvgIpc) is 2.81. The van der Waals surface area contributed by atoms with Gasteiger partial charge in [-0.05, 0) is 36.6 Å². The highest BCUT2D eigenvalue weighted by atomic mass is 32.2. The molecule has 2 rings (SSSR count). The van der Waals surface area contributed by atoms with Gasteiger partial charge in [-0.3, -0.25) is 9.69 Å². The van der Waals surface area contributed by atoms with Gasteiger partial charge in [0, 0.05) is 6.54 Å². The molecule has 0 aliphatic carbocycles. The molecule has 1 aromatic rings. The van der Waals surface area contributed by atoms with E-state index in [1.807, 2.05) is 20.8 Å². The zero-order chi connectivity index (χ0) is 19.3. The van der Waals surface area contributed by atoms with Crippen molar-refractivity contribution in [2.75, 3.05) is 19.8 Å². The summed E-state index contributed by atoms with van der Waals surface area (Å²) < 4.78 is 11.3. The molecule has 1 heterocycles. The summed E-state index contributed by atoms with van der Waals surface area (Å²) in [5.41, 5.74) is 0.751. The predicted octanol–water partition coefficient (Wildman–Crippen LogP) is 3.41. The van der Waals surface area contributed by atoms with Gasteiger partial charge in [-0.1, -0.05) is 43.9 Å². The van der Waals surface area contributed by atoms with E-state index in [-0.39, 0.29) is 5.91 Å². The van der Waals surface area contributed by atoms with Crippen molar-refractivity contribution >= 4 is 46.3 Å². The first-order valence-corrected chi connectivity index (χ1v) is 9.41. The van der Waals surface area contributed by atoms with Gasteiger partial charge in [-0.2, -0.15) is 0 Å². The molecule has 140 valence electrons. The first-order valence-electron chi connectivity index (χ1n) is 8.18. The Morgan fingerprint density at radius 3 is 2.69 bits per heavy atom. The van der Waals surface area contributed by atoms with Crippen LogP contribution >= 0.6 is 24.0 Å². The van der Waals surface area contributed by atoms with E-state index in [1.165, 1.54) is 11.8 Å². The van der Waals surface area contributed by atoms with Crippen LogP contribution in [-0.2, 0) is 9.59 Å². The van der Waals surface area contributed by atoms with E-state index in [0.29, 0.717) is 39.8 Å². The summed E-state index contributed by atoms with van der Waals surface area (Å²) in [7, 11) is 0. The first kappa shape index (κ1) is 20.3. The number of hydrogen-bond acceptors (Lipinski definition) is 6. The smallest absolute Gasteiger partial charge is 0.341 e. The quantitative estimate of drug-likeness (QED) is 0.534. The molecule has 1 fully saturated rings. The van der Waals surface area contributed by atoms with E-state index < -0.39 is 12.6 Å². The maximum absolute atomic E-state index is 12.5. The molecule has 1 N–H and O–H groups in total. The van der Waals surface area contributed by atoms with Crippen molar-refractivity contribution < 1.29 is 24.2 Å². The van der Waals surface area contributed by atoms with Gasteiger partial charge in [0.05, 0.1) is 11.5 Å². The molecule has 0 spiro atoms. The fraction of sp³-hybridized carbons (Fsp3) is 0.389. The van der Waals surface area contributed by atoms with Crippen LogP contribution < -0.4 is 9.47 Å². The van der Waals surface area contributed by atoms with Crippen LogP contribution in [0.1, 0.15) is 26.3 Å². The van der Waals surface area contributed by atoms with Gasteiger partial charge in [0.25, 0.3) is 5.91 Å². The van der Waals surface area contributed by atoms with Crippen molar-refractivity contribution in [2.45, 2.75) is 20.8 Å². The lowest BCUT2D eigenvalue weighted by atomic mass is 10.1. The molecule has 0 bridgehead atoms. The number of benzene rings is 1. The van der Waals surface area contributed by atoms with Crippen molar-refractivity contribution in [3.63, 3.8) is 0 Å². The second-order valence-electron chi connectivity index (χ2n) is 6.01. The normalized spacial score (nSPS) is 15.8. The topological polar surface area (TPSA) is 76.1 Å². The number of carboxylic acids is 1. The molecule has 0 atom stereocenters. The number of hydrogen-bond donors (Lipinski definition) is 1. The number of aliphatic carboxylic acids is 1. The Morgan fingerprint density at radius 1 is 1.35 bits per heavy atom. The second-order valence-corrected chi connectivity index (χ2v) is 7.68. The molecule has 1 amide bonds. The van der Waals surface area contributed by atoms with Crippen LogP contribution in [0.25, 0.3) is 6.08 Å². The van der Waals surface area contributed by atoms with Gasteiger partial charge in [0.1, 0.15) is 4.32 Å². The molecule has 1 aliphatic heterocycles. The molecule has 6 nitrogen and oxygen atoms in total. The van der Waals surface area contributed by atoms with Crippen LogP contribution in [0, 0.1) is 5.92 Å². The standard InChI is InChI=1S/C18H21NO5S2/c1-4-23-14-7-12(5-6-13(14)24-10-16(20)21)8-15-17(22)19(9-11(2)3)18(25)26-15/h5-8,11H,4,9-10H2,1-3H3,(H,20,21)/b15-8-. The summed E-state index contributed by atoms with van der Waals surface area (Å²) in [6, 6.07) is 5.10. The van der Waals surface area contributed by atoms with Crippen LogP contribution in [0.2, 0.25) is 0 Å². The van der Waals surface area contributed by atoms with E-state index in [1.54, 1.807) is 29.2 Å². The summed E-state index contributed by atoms with van der Waals surface area (Å²) in [4.78, 5) is 25.4. The van der Waals surface area contributed by atoms with Gasteiger partial charge in [-0.25, -0.2) is 4.79 Å². The summed E-state index contributed by atoms with van der Waals surface area (Å²) >= 11 is 6.58. The molecule has 1 aromatic carbocycles. The average molecular weight is 396 g/mol. The Morgan fingerprint density at radius 2 is 2.08 bits per heavy atom. The highest BCUT2D eigenvalue weighted by molar-refractivity contribution is 8.26. The minimum Gasteiger partial charge on any atom is -0.490 e.